The molecule has 5 aliphatic rings. The maximum atomic E-state index is 2.72. The number of aromatic nitrogens is 4. The van der Waals surface area contributed by atoms with Gasteiger partial charge in [0.25, 0.3) is 11.6 Å². The van der Waals surface area contributed by atoms with E-state index >= 15 is 0 Å². The first-order valence-electron chi connectivity index (χ1n) is 20.8. The predicted octanol–water partition coefficient (Wildman–Crippen LogP) is 10.4. The van der Waals surface area contributed by atoms with Crippen molar-refractivity contribution in [1.82, 2.24) is 9.13 Å². The summed E-state index contributed by atoms with van der Waals surface area (Å²) in [5, 5.41) is 5.29. The van der Waals surface area contributed by atoms with Crippen LogP contribution in [0.25, 0.3) is 55.2 Å². The number of hydrogen-bond acceptors (Lipinski definition) is 0. The summed E-state index contributed by atoms with van der Waals surface area (Å²) >= 11 is 0. The second-order valence-corrected chi connectivity index (χ2v) is 18.5. The Hall–Kier alpha value is -6.78. The van der Waals surface area contributed by atoms with Crippen molar-refractivity contribution in [3.8, 4) is 11.6 Å². The lowest BCUT2D eigenvalue weighted by molar-refractivity contribution is -0.968. The largest absolute Gasteiger partial charge is 0.315 e. The van der Waals surface area contributed by atoms with E-state index < -0.39 is 11.1 Å². The summed E-state index contributed by atoms with van der Waals surface area (Å²) in [5.41, 5.74) is 17.0. The van der Waals surface area contributed by atoms with E-state index in [2.05, 4.69) is 204 Å². The molecule has 0 amide bonds. The molecule has 6 aromatic carbocycles. The van der Waals surface area contributed by atoms with Gasteiger partial charge in [-0.25, -0.2) is 0 Å². The smallest absolute Gasteiger partial charge is 0.190 e. The Morgan fingerprint density at radius 2 is 0.776 bits per heavy atom. The van der Waals surface area contributed by atoms with Gasteiger partial charge in [0.1, 0.15) is 22.2 Å². The Labute approximate surface area is 335 Å². The average molecular weight is 743 g/mol. The standard InChI is InChI=1S/C54H38N4/c1-51(2)39-21-11-19-33-35-25-27-37-43-47(35)57(45(33)39)49-41(51)23-13-29-55(49)54(43)44-38(53(37,31-15-7-5-8-16-31)32-17-9-6-10-18-32)28-26-36-34-20-12-22-40-46(34)58(48(36)44)50-42(52(40,3)4)24-14-30-56(50)54/h5-30H,1-4H3/q+2. The minimum absolute atomic E-state index is 0.220. The van der Waals surface area contributed by atoms with Gasteiger partial charge in [0, 0.05) is 43.5 Å². The normalized spacial score (nSPS) is 17.9. The quantitative estimate of drug-likeness (QED) is 0.157. The van der Waals surface area contributed by atoms with Crippen molar-refractivity contribution in [1.29, 1.82) is 0 Å². The van der Waals surface area contributed by atoms with Crippen molar-refractivity contribution in [2.45, 2.75) is 49.6 Å². The van der Waals surface area contributed by atoms with Crippen molar-refractivity contribution < 1.29 is 9.13 Å². The van der Waals surface area contributed by atoms with Crippen LogP contribution in [0.5, 0.6) is 0 Å². The molecule has 10 aromatic rings. The summed E-state index contributed by atoms with van der Waals surface area (Å²) in [6.45, 7) is 9.73. The van der Waals surface area contributed by atoms with Crippen LogP contribution in [0.4, 0.5) is 0 Å². The molecule has 0 saturated carbocycles. The first kappa shape index (κ1) is 30.4. The molecule has 4 aliphatic heterocycles. The van der Waals surface area contributed by atoms with Gasteiger partial charge in [0.2, 0.25) is 0 Å². The number of benzene rings is 6. The Bertz CT molecular complexity index is 3380. The molecule has 58 heavy (non-hydrogen) atoms. The third kappa shape index (κ3) is 2.77. The lowest BCUT2D eigenvalue weighted by Gasteiger charge is -2.50. The van der Waals surface area contributed by atoms with E-state index in [1.807, 2.05) is 0 Å². The molecule has 4 heteroatoms. The Morgan fingerprint density at radius 3 is 1.22 bits per heavy atom. The maximum absolute atomic E-state index is 2.72. The van der Waals surface area contributed by atoms with Crippen molar-refractivity contribution in [2.75, 3.05) is 0 Å². The van der Waals surface area contributed by atoms with Gasteiger partial charge in [-0.1, -0.05) is 125 Å². The summed E-state index contributed by atoms with van der Waals surface area (Å²) < 4.78 is 10.8. The summed E-state index contributed by atoms with van der Waals surface area (Å²) in [5.74, 6) is 2.55. The molecular weight excluding hydrogens is 705 g/mol. The van der Waals surface area contributed by atoms with Gasteiger partial charge >= 0.3 is 5.66 Å². The minimum Gasteiger partial charge on any atom is -0.190 e. The molecule has 15 rings (SSSR count). The average Bonchev–Trinajstić information content (AvgIpc) is 3.79. The predicted molar refractivity (Wildman–Crippen MR) is 230 cm³/mol. The fourth-order valence-electron chi connectivity index (χ4n) is 13.3. The molecule has 272 valence electrons. The highest BCUT2D eigenvalue weighted by Gasteiger charge is 2.69. The molecule has 0 saturated heterocycles. The first-order valence-corrected chi connectivity index (χ1v) is 20.8. The van der Waals surface area contributed by atoms with Crippen molar-refractivity contribution >= 4 is 43.6 Å². The molecule has 0 bridgehead atoms. The third-order valence-corrected chi connectivity index (χ3v) is 15.6. The summed E-state index contributed by atoms with van der Waals surface area (Å²) in [6, 6.07) is 56.2. The van der Waals surface area contributed by atoms with Crippen LogP contribution in [0.1, 0.15) is 83.3 Å². The molecule has 1 spiro atoms. The fraction of sp³-hybridized carbons (Fsp3) is 0.148. The van der Waals surface area contributed by atoms with E-state index in [1.54, 1.807) is 0 Å². The topological polar surface area (TPSA) is 17.6 Å². The van der Waals surface area contributed by atoms with Crippen LogP contribution in [-0.4, -0.2) is 9.13 Å². The number of rotatable bonds is 2. The van der Waals surface area contributed by atoms with Crippen LogP contribution < -0.4 is 9.13 Å². The van der Waals surface area contributed by atoms with E-state index in [9.17, 15) is 0 Å². The zero-order chi connectivity index (χ0) is 38.2. The van der Waals surface area contributed by atoms with Crippen molar-refractivity contribution in [3.63, 3.8) is 0 Å². The summed E-state index contributed by atoms with van der Waals surface area (Å²) in [7, 11) is 0. The number of fused-ring (bicyclic) bond motifs is 2. The van der Waals surface area contributed by atoms with Gasteiger partial charge in [-0.2, -0.15) is 18.3 Å². The van der Waals surface area contributed by atoms with Gasteiger partial charge < -0.3 is 0 Å². The Kier molecular flexibility index (Phi) is 4.80. The lowest BCUT2D eigenvalue weighted by Crippen LogP contribution is -2.80. The van der Waals surface area contributed by atoms with Crippen LogP contribution in [0, 0.1) is 0 Å². The van der Waals surface area contributed by atoms with Crippen LogP contribution in [0.15, 0.2) is 158 Å². The number of pyridine rings is 2. The monoisotopic (exact) mass is 742 g/mol. The Balaban J connectivity index is 1.33. The molecule has 0 unspecified atom stereocenters. The van der Waals surface area contributed by atoms with E-state index in [-0.39, 0.29) is 10.8 Å². The van der Waals surface area contributed by atoms with E-state index in [1.165, 1.54) is 111 Å². The second kappa shape index (κ2) is 9.16. The minimum atomic E-state index is -0.761. The van der Waals surface area contributed by atoms with Crippen LogP contribution in [-0.2, 0) is 21.9 Å². The van der Waals surface area contributed by atoms with Gasteiger partial charge in [0.05, 0.1) is 28.9 Å². The van der Waals surface area contributed by atoms with Crippen molar-refractivity contribution in [3.05, 3.63) is 214 Å². The number of hydrogen-bond donors (Lipinski definition) is 0. The Morgan fingerprint density at radius 1 is 0.362 bits per heavy atom. The van der Waals surface area contributed by atoms with Crippen LogP contribution in [0.3, 0.4) is 0 Å². The molecule has 0 fully saturated rings. The highest BCUT2D eigenvalue weighted by atomic mass is 15.4. The highest BCUT2D eigenvalue weighted by molar-refractivity contribution is 6.16. The number of para-hydroxylation sites is 2. The summed E-state index contributed by atoms with van der Waals surface area (Å²) in [6.07, 6.45) is 4.82. The highest BCUT2D eigenvalue weighted by Crippen LogP contribution is 2.63. The van der Waals surface area contributed by atoms with Gasteiger partial charge in [0.15, 0.2) is 11.0 Å². The number of nitrogens with zero attached hydrogens (tertiary/aromatic N) is 4. The third-order valence-electron chi connectivity index (χ3n) is 15.6. The van der Waals surface area contributed by atoms with E-state index in [0.717, 1.165) is 0 Å². The van der Waals surface area contributed by atoms with Crippen LogP contribution in [0.2, 0.25) is 0 Å². The second-order valence-electron chi connectivity index (χ2n) is 18.5. The van der Waals surface area contributed by atoms with Gasteiger partial charge in [-0.3, -0.25) is 0 Å². The first-order chi connectivity index (χ1) is 28.3. The lowest BCUT2D eigenvalue weighted by atomic mass is 9.56. The summed E-state index contributed by atoms with van der Waals surface area (Å²) in [4.78, 5) is 0. The molecule has 0 N–H and O–H groups in total. The zero-order valence-corrected chi connectivity index (χ0v) is 32.8. The zero-order valence-electron chi connectivity index (χ0n) is 32.8. The van der Waals surface area contributed by atoms with Crippen molar-refractivity contribution in [2.24, 2.45) is 0 Å². The fourth-order valence-corrected chi connectivity index (χ4v) is 13.3. The molecule has 0 radical (unpaired) electrons. The van der Waals surface area contributed by atoms with Gasteiger partial charge in [-0.15, -0.1) is 0 Å². The van der Waals surface area contributed by atoms with Gasteiger partial charge in [-0.05, 0) is 70.8 Å². The maximum Gasteiger partial charge on any atom is 0.315 e. The molecule has 1 aliphatic carbocycles. The molecule has 0 atom stereocenters. The SMILES string of the molecule is CC1(C)c2ccc[n+]3c2-n2c4c1cccc4c1ccc4c(c12)C31c2c(ccc3c5cccc6c5n(c23)-c2c(ccc[n+]21)C6(C)C)C4(c1ccccc1)c1ccccc1. The van der Waals surface area contributed by atoms with E-state index in [0.29, 0.717) is 0 Å². The van der Waals surface area contributed by atoms with Crippen LogP contribution >= 0.6 is 0 Å². The molecular formula is C54H38N4+2. The van der Waals surface area contributed by atoms with E-state index in [4.69, 9.17) is 0 Å². The molecule has 4 aromatic heterocycles. The molecule has 8 heterocycles. The molecule has 4 nitrogen and oxygen atoms in total.